The molecular weight excluding hydrogens is 364 g/mol. The van der Waals surface area contributed by atoms with Gasteiger partial charge in [-0.3, -0.25) is 4.79 Å². The van der Waals surface area contributed by atoms with E-state index in [1.807, 2.05) is 12.1 Å². The van der Waals surface area contributed by atoms with E-state index in [1.54, 1.807) is 24.3 Å². The predicted octanol–water partition coefficient (Wildman–Crippen LogP) is 2.68. The highest BCUT2D eigenvalue weighted by atomic mass is 79.9. The highest BCUT2D eigenvalue weighted by Crippen LogP contribution is 2.15. The molecule has 0 spiro atoms. The van der Waals surface area contributed by atoms with Crippen molar-refractivity contribution in [2.45, 2.75) is 0 Å². The van der Waals surface area contributed by atoms with Crippen molar-refractivity contribution in [1.82, 2.24) is 5.43 Å². The number of benzene rings is 2. The molecule has 0 aromatic heterocycles. The summed E-state index contributed by atoms with van der Waals surface area (Å²) < 4.78 is 6.22. The second-order valence-electron chi connectivity index (χ2n) is 4.46. The van der Waals surface area contributed by atoms with E-state index in [-0.39, 0.29) is 12.2 Å². The maximum Gasteiger partial charge on any atom is 0.335 e. The van der Waals surface area contributed by atoms with Gasteiger partial charge in [0.05, 0.1) is 11.8 Å². The molecule has 0 unspecified atom stereocenters. The molecule has 1 amide bonds. The summed E-state index contributed by atoms with van der Waals surface area (Å²) in [6, 6.07) is 13.2. The summed E-state index contributed by atoms with van der Waals surface area (Å²) in [5.41, 5.74) is 3.19. The fraction of sp³-hybridized carbons (Fsp3) is 0.0625. The Morgan fingerprint density at radius 2 is 1.78 bits per heavy atom. The van der Waals surface area contributed by atoms with E-state index in [2.05, 4.69) is 26.5 Å². The zero-order chi connectivity index (χ0) is 16.7. The predicted molar refractivity (Wildman–Crippen MR) is 88.8 cm³/mol. The van der Waals surface area contributed by atoms with Crippen molar-refractivity contribution in [2.75, 3.05) is 6.61 Å². The van der Waals surface area contributed by atoms with Gasteiger partial charge in [0.1, 0.15) is 5.75 Å². The van der Waals surface area contributed by atoms with E-state index in [9.17, 15) is 9.59 Å². The van der Waals surface area contributed by atoms with Crippen LogP contribution in [0.1, 0.15) is 15.9 Å². The summed E-state index contributed by atoms with van der Waals surface area (Å²) in [5.74, 6) is -0.810. The van der Waals surface area contributed by atoms with Gasteiger partial charge in [-0.05, 0) is 42.0 Å². The fourth-order valence-corrected chi connectivity index (χ4v) is 1.87. The largest absolute Gasteiger partial charge is 0.484 e. The molecule has 118 valence electrons. The molecule has 23 heavy (non-hydrogen) atoms. The molecule has 0 saturated heterocycles. The summed E-state index contributed by atoms with van der Waals surface area (Å²) in [6.45, 7) is -0.156. The molecule has 0 aliphatic carbocycles. The average Bonchev–Trinajstić information content (AvgIpc) is 2.55. The van der Waals surface area contributed by atoms with Gasteiger partial charge < -0.3 is 9.84 Å². The maximum atomic E-state index is 11.6. The number of rotatable bonds is 6. The lowest BCUT2D eigenvalue weighted by Crippen LogP contribution is -2.24. The molecule has 2 aromatic rings. The zero-order valence-electron chi connectivity index (χ0n) is 11.9. The van der Waals surface area contributed by atoms with Crippen molar-refractivity contribution in [3.8, 4) is 5.75 Å². The first kappa shape index (κ1) is 16.7. The van der Waals surface area contributed by atoms with Crippen LogP contribution in [0.3, 0.4) is 0 Å². The van der Waals surface area contributed by atoms with Crippen LogP contribution in [0.15, 0.2) is 58.1 Å². The molecule has 2 N–H and O–H groups in total. The van der Waals surface area contributed by atoms with Crippen LogP contribution in [0.4, 0.5) is 0 Å². The number of hydrogen-bond acceptors (Lipinski definition) is 4. The standard InChI is InChI=1S/C16H13BrN2O4/c17-13-5-7-14(8-6-13)23-10-15(20)19-18-9-11-1-3-12(4-2-11)16(21)22/h1-9H,10H2,(H,19,20)(H,21,22)/b18-9-. The van der Waals surface area contributed by atoms with E-state index in [0.29, 0.717) is 11.3 Å². The minimum absolute atomic E-state index is 0.156. The molecule has 0 heterocycles. The molecule has 2 rings (SSSR count). The molecular formula is C16H13BrN2O4. The lowest BCUT2D eigenvalue weighted by molar-refractivity contribution is -0.123. The van der Waals surface area contributed by atoms with Crippen molar-refractivity contribution in [3.63, 3.8) is 0 Å². The monoisotopic (exact) mass is 376 g/mol. The van der Waals surface area contributed by atoms with Crippen LogP contribution < -0.4 is 10.2 Å². The first-order chi connectivity index (χ1) is 11.0. The molecule has 0 atom stereocenters. The summed E-state index contributed by atoms with van der Waals surface area (Å²) in [7, 11) is 0. The van der Waals surface area contributed by atoms with E-state index in [4.69, 9.17) is 9.84 Å². The van der Waals surface area contributed by atoms with Gasteiger partial charge in [-0.1, -0.05) is 28.1 Å². The van der Waals surface area contributed by atoms with Crippen molar-refractivity contribution < 1.29 is 19.4 Å². The molecule has 0 saturated carbocycles. The van der Waals surface area contributed by atoms with Gasteiger partial charge in [0, 0.05) is 4.47 Å². The van der Waals surface area contributed by atoms with Gasteiger partial charge in [0.25, 0.3) is 5.91 Å². The second-order valence-corrected chi connectivity index (χ2v) is 5.38. The van der Waals surface area contributed by atoms with E-state index in [1.165, 1.54) is 18.3 Å². The number of halogens is 1. The first-order valence-corrected chi connectivity index (χ1v) is 7.37. The summed E-state index contributed by atoms with van der Waals surface area (Å²) in [6.07, 6.45) is 1.42. The van der Waals surface area contributed by atoms with Gasteiger partial charge in [0.2, 0.25) is 0 Å². The third-order valence-corrected chi connectivity index (χ3v) is 3.27. The summed E-state index contributed by atoms with van der Waals surface area (Å²) >= 11 is 3.31. The highest BCUT2D eigenvalue weighted by Gasteiger charge is 2.02. The molecule has 0 aliphatic heterocycles. The highest BCUT2D eigenvalue weighted by molar-refractivity contribution is 9.10. The number of nitrogens with zero attached hydrogens (tertiary/aromatic N) is 1. The van der Waals surface area contributed by atoms with E-state index in [0.717, 1.165) is 4.47 Å². The molecule has 7 heteroatoms. The quantitative estimate of drug-likeness (QED) is 0.599. The third-order valence-electron chi connectivity index (χ3n) is 2.74. The minimum atomic E-state index is -0.994. The van der Waals surface area contributed by atoms with Gasteiger partial charge in [-0.15, -0.1) is 0 Å². The molecule has 6 nitrogen and oxygen atoms in total. The van der Waals surface area contributed by atoms with Crippen LogP contribution in [0, 0.1) is 0 Å². The summed E-state index contributed by atoms with van der Waals surface area (Å²) in [4.78, 5) is 22.3. The Labute approximate surface area is 140 Å². The van der Waals surface area contributed by atoms with Crippen molar-refractivity contribution >= 4 is 34.0 Å². The normalized spacial score (nSPS) is 10.5. The lowest BCUT2D eigenvalue weighted by atomic mass is 10.1. The van der Waals surface area contributed by atoms with Crippen molar-refractivity contribution in [2.24, 2.45) is 5.10 Å². The van der Waals surface area contributed by atoms with Crippen molar-refractivity contribution in [3.05, 3.63) is 64.1 Å². The Balaban J connectivity index is 1.79. The summed E-state index contributed by atoms with van der Waals surface area (Å²) in [5, 5.41) is 12.6. The number of carboxylic acid groups (broad SMARTS) is 1. The zero-order valence-corrected chi connectivity index (χ0v) is 13.5. The molecule has 0 fully saturated rings. The van der Waals surface area contributed by atoms with Crippen LogP contribution >= 0.6 is 15.9 Å². The van der Waals surface area contributed by atoms with Crippen LogP contribution in [0.25, 0.3) is 0 Å². The van der Waals surface area contributed by atoms with E-state index >= 15 is 0 Å². The Bertz CT molecular complexity index is 712. The van der Waals surface area contributed by atoms with E-state index < -0.39 is 11.9 Å². The number of carbonyl (C=O) groups excluding carboxylic acids is 1. The first-order valence-electron chi connectivity index (χ1n) is 6.58. The number of hydrazone groups is 1. The average molecular weight is 377 g/mol. The lowest BCUT2D eigenvalue weighted by Gasteiger charge is -2.04. The molecule has 0 bridgehead atoms. The number of carbonyl (C=O) groups is 2. The number of amides is 1. The number of carboxylic acids is 1. The Hall–Kier alpha value is -2.67. The van der Waals surface area contributed by atoms with Crippen molar-refractivity contribution in [1.29, 1.82) is 0 Å². The number of ether oxygens (including phenoxy) is 1. The van der Waals surface area contributed by atoms with Gasteiger partial charge in [0.15, 0.2) is 6.61 Å². The van der Waals surface area contributed by atoms with Crippen LogP contribution in [-0.4, -0.2) is 29.8 Å². The maximum absolute atomic E-state index is 11.6. The number of nitrogens with one attached hydrogen (secondary N) is 1. The molecule has 2 aromatic carbocycles. The van der Waals surface area contributed by atoms with Gasteiger partial charge >= 0.3 is 5.97 Å². The third kappa shape index (κ3) is 5.55. The fourth-order valence-electron chi connectivity index (χ4n) is 1.60. The van der Waals surface area contributed by atoms with Crippen LogP contribution in [0.2, 0.25) is 0 Å². The second kappa shape index (κ2) is 8.09. The number of hydrogen-bond donors (Lipinski definition) is 2. The Kier molecular flexibility index (Phi) is 5.87. The Morgan fingerprint density at radius 3 is 2.39 bits per heavy atom. The minimum Gasteiger partial charge on any atom is -0.484 e. The smallest absolute Gasteiger partial charge is 0.335 e. The van der Waals surface area contributed by atoms with Crippen LogP contribution in [0.5, 0.6) is 5.75 Å². The topological polar surface area (TPSA) is 88.0 Å². The van der Waals surface area contributed by atoms with Gasteiger partial charge in [-0.25, -0.2) is 10.2 Å². The Morgan fingerprint density at radius 1 is 1.13 bits per heavy atom. The molecule has 0 radical (unpaired) electrons. The SMILES string of the molecule is O=C(COc1ccc(Br)cc1)N/N=C\c1ccc(C(=O)O)cc1. The van der Waals surface area contributed by atoms with Gasteiger partial charge in [-0.2, -0.15) is 5.10 Å². The number of aromatic carboxylic acids is 1. The van der Waals surface area contributed by atoms with Crippen LogP contribution in [-0.2, 0) is 4.79 Å². The molecule has 0 aliphatic rings.